The standard InChI is InChI=1S/C21H16BrClO2/c22-19-10-7-16-11-14-3-1-2-4-15(14)12-18(16)20(19)25-21(24)13-5-8-17(23)9-6-13/h1-6,8-9,11-12,19-20H,7,10H2/t19-,20-/m1/s1. The lowest BCUT2D eigenvalue weighted by atomic mass is 9.87. The highest BCUT2D eigenvalue weighted by atomic mass is 79.9. The lowest BCUT2D eigenvalue weighted by molar-refractivity contribution is 0.0277. The Bertz CT molecular complexity index is 936. The van der Waals surface area contributed by atoms with Crippen molar-refractivity contribution >= 4 is 44.3 Å². The van der Waals surface area contributed by atoms with Crippen molar-refractivity contribution in [3.63, 3.8) is 0 Å². The van der Waals surface area contributed by atoms with Crippen LogP contribution in [0.4, 0.5) is 0 Å². The Balaban J connectivity index is 1.69. The third-order valence-electron chi connectivity index (χ3n) is 4.65. The van der Waals surface area contributed by atoms with Crippen molar-refractivity contribution in [1.29, 1.82) is 0 Å². The Labute approximate surface area is 159 Å². The summed E-state index contributed by atoms with van der Waals surface area (Å²) in [5, 5.41) is 2.98. The number of aryl methyl sites for hydroxylation is 1. The predicted octanol–water partition coefficient (Wildman–Crippen LogP) is 6.10. The quantitative estimate of drug-likeness (QED) is 0.373. The highest BCUT2D eigenvalue weighted by molar-refractivity contribution is 9.09. The van der Waals surface area contributed by atoms with Gasteiger partial charge >= 0.3 is 5.97 Å². The average molecular weight is 416 g/mol. The molecule has 0 saturated carbocycles. The third-order valence-corrected chi connectivity index (χ3v) is 5.84. The van der Waals surface area contributed by atoms with Crippen LogP contribution in [0.3, 0.4) is 0 Å². The monoisotopic (exact) mass is 414 g/mol. The molecular weight excluding hydrogens is 400 g/mol. The van der Waals surface area contributed by atoms with Gasteiger partial charge in [0.25, 0.3) is 0 Å². The number of rotatable bonds is 2. The van der Waals surface area contributed by atoms with Crippen molar-refractivity contribution in [3.05, 3.63) is 82.4 Å². The van der Waals surface area contributed by atoms with Crippen LogP contribution in [0.1, 0.15) is 34.0 Å². The zero-order chi connectivity index (χ0) is 17.4. The lowest BCUT2D eigenvalue weighted by Gasteiger charge is -2.30. The second-order valence-electron chi connectivity index (χ2n) is 6.29. The van der Waals surface area contributed by atoms with E-state index in [-0.39, 0.29) is 16.9 Å². The summed E-state index contributed by atoms with van der Waals surface area (Å²) in [5.41, 5.74) is 2.86. The van der Waals surface area contributed by atoms with Crippen molar-refractivity contribution in [2.75, 3.05) is 0 Å². The highest BCUT2D eigenvalue weighted by Gasteiger charge is 2.31. The van der Waals surface area contributed by atoms with Gasteiger partial charge in [-0.1, -0.05) is 57.9 Å². The number of hydrogen-bond donors (Lipinski definition) is 0. The number of benzene rings is 3. The van der Waals surface area contributed by atoms with Gasteiger partial charge in [-0.3, -0.25) is 0 Å². The molecular formula is C21H16BrClO2. The number of carbonyl (C=O) groups is 1. The number of hydrogen-bond acceptors (Lipinski definition) is 2. The number of ether oxygens (including phenoxy) is 1. The van der Waals surface area contributed by atoms with Gasteiger partial charge in [-0.15, -0.1) is 0 Å². The maximum absolute atomic E-state index is 12.6. The summed E-state index contributed by atoms with van der Waals surface area (Å²) in [6.45, 7) is 0. The summed E-state index contributed by atoms with van der Waals surface area (Å²) in [7, 11) is 0. The van der Waals surface area contributed by atoms with Crippen molar-refractivity contribution in [2.45, 2.75) is 23.8 Å². The van der Waals surface area contributed by atoms with Crippen LogP contribution in [-0.4, -0.2) is 10.8 Å². The van der Waals surface area contributed by atoms with Crippen LogP contribution in [0, 0.1) is 0 Å². The van der Waals surface area contributed by atoms with E-state index in [1.165, 1.54) is 10.9 Å². The van der Waals surface area contributed by atoms with Crippen molar-refractivity contribution < 1.29 is 9.53 Å². The fourth-order valence-corrected chi connectivity index (χ4v) is 4.08. The zero-order valence-corrected chi connectivity index (χ0v) is 15.8. The maximum atomic E-state index is 12.6. The molecule has 1 aliphatic rings. The van der Waals surface area contributed by atoms with E-state index in [0.717, 1.165) is 23.8 Å². The van der Waals surface area contributed by atoms with E-state index in [9.17, 15) is 4.79 Å². The first-order valence-corrected chi connectivity index (χ1v) is 9.53. The van der Waals surface area contributed by atoms with E-state index in [1.807, 2.05) is 12.1 Å². The number of fused-ring (bicyclic) bond motifs is 2. The molecule has 0 radical (unpaired) electrons. The van der Waals surface area contributed by atoms with Crippen LogP contribution in [0.5, 0.6) is 0 Å². The van der Waals surface area contributed by atoms with Gasteiger partial charge in [0.05, 0.1) is 10.4 Å². The van der Waals surface area contributed by atoms with Gasteiger partial charge in [0, 0.05) is 5.02 Å². The minimum absolute atomic E-state index is 0.109. The molecule has 0 fully saturated rings. The molecule has 0 aromatic heterocycles. The summed E-state index contributed by atoms with van der Waals surface area (Å²) < 4.78 is 5.88. The highest BCUT2D eigenvalue weighted by Crippen LogP contribution is 2.39. The van der Waals surface area contributed by atoms with Crippen LogP contribution in [-0.2, 0) is 11.2 Å². The molecule has 2 nitrogen and oxygen atoms in total. The molecule has 0 spiro atoms. The fourth-order valence-electron chi connectivity index (χ4n) is 3.33. The van der Waals surface area contributed by atoms with Crippen molar-refractivity contribution in [3.8, 4) is 0 Å². The summed E-state index contributed by atoms with van der Waals surface area (Å²) >= 11 is 9.60. The topological polar surface area (TPSA) is 26.3 Å². The summed E-state index contributed by atoms with van der Waals surface area (Å²) in [4.78, 5) is 12.7. The van der Waals surface area contributed by atoms with Gasteiger partial charge in [-0.25, -0.2) is 4.79 Å². The van der Waals surface area contributed by atoms with Gasteiger partial charge in [0.2, 0.25) is 0 Å². The molecule has 3 aromatic rings. The minimum atomic E-state index is -0.327. The summed E-state index contributed by atoms with van der Waals surface area (Å²) in [6, 6.07) is 19.4. The van der Waals surface area contributed by atoms with E-state index in [4.69, 9.17) is 16.3 Å². The van der Waals surface area contributed by atoms with Crippen LogP contribution in [0.25, 0.3) is 10.8 Å². The Morgan fingerprint density at radius 1 is 1.04 bits per heavy atom. The molecule has 3 aromatic carbocycles. The molecule has 0 bridgehead atoms. The Kier molecular flexibility index (Phi) is 4.53. The Morgan fingerprint density at radius 3 is 2.44 bits per heavy atom. The predicted molar refractivity (Wildman–Crippen MR) is 105 cm³/mol. The van der Waals surface area contributed by atoms with Gasteiger partial charge in [0.1, 0.15) is 6.10 Å². The van der Waals surface area contributed by atoms with E-state index >= 15 is 0 Å². The first kappa shape index (κ1) is 16.6. The maximum Gasteiger partial charge on any atom is 0.338 e. The van der Waals surface area contributed by atoms with Gasteiger partial charge in [-0.05, 0) is 65.1 Å². The smallest absolute Gasteiger partial charge is 0.338 e. The van der Waals surface area contributed by atoms with Crippen molar-refractivity contribution in [1.82, 2.24) is 0 Å². The van der Waals surface area contributed by atoms with Gasteiger partial charge in [-0.2, -0.15) is 0 Å². The Hall–Kier alpha value is -1.84. The number of esters is 1. The number of alkyl halides is 1. The normalized spacial score (nSPS) is 19.4. The molecule has 0 saturated heterocycles. The average Bonchev–Trinajstić information content (AvgIpc) is 2.63. The second-order valence-corrected chi connectivity index (χ2v) is 7.90. The summed E-state index contributed by atoms with van der Waals surface area (Å²) in [6.07, 6.45) is 1.62. The second kappa shape index (κ2) is 6.81. The molecule has 2 atom stereocenters. The van der Waals surface area contributed by atoms with Gasteiger partial charge < -0.3 is 4.74 Å². The van der Waals surface area contributed by atoms with E-state index in [0.29, 0.717) is 10.6 Å². The molecule has 0 N–H and O–H groups in total. The fraction of sp³-hybridized carbons (Fsp3) is 0.190. The zero-order valence-electron chi connectivity index (χ0n) is 13.4. The molecule has 126 valence electrons. The van der Waals surface area contributed by atoms with E-state index in [2.05, 4.69) is 40.2 Å². The molecule has 0 heterocycles. The van der Waals surface area contributed by atoms with Crippen LogP contribution >= 0.6 is 27.5 Å². The third kappa shape index (κ3) is 3.31. The number of halogens is 2. The molecule has 0 amide bonds. The molecule has 0 aliphatic heterocycles. The SMILES string of the molecule is O=C(O[C@@H]1c2cc3ccccc3cc2CC[C@H]1Br)c1ccc(Cl)cc1. The van der Waals surface area contributed by atoms with E-state index in [1.54, 1.807) is 24.3 Å². The van der Waals surface area contributed by atoms with Crippen LogP contribution in [0.15, 0.2) is 60.7 Å². The first-order chi connectivity index (χ1) is 12.1. The lowest BCUT2D eigenvalue weighted by Crippen LogP contribution is -2.25. The molecule has 1 aliphatic carbocycles. The van der Waals surface area contributed by atoms with Crippen molar-refractivity contribution in [2.24, 2.45) is 0 Å². The minimum Gasteiger partial charge on any atom is -0.453 e. The molecule has 25 heavy (non-hydrogen) atoms. The summed E-state index contributed by atoms with van der Waals surface area (Å²) in [5.74, 6) is -0.327. The van der Waals surface area contributed by atoms with Crippen LogP contribution in [0.2, 0.25) is 5.02 Å². The van der Waals surface area contributed by atoms with E-state index < -0.39 is 0 Å². The molecule has 0 unspecified atom stereocenters. The number of carbonyl (C=O) groups excluding carboxylic acids is 1. The largest absolute Gasteiger partial charge is 0.453 e. The first-order valence-electron chi connectivity index (χ1n) is 8.24. The molecule has 4 rings (SSSR count). The van der Waals surface area contributed by atoms with Crippen LogP contribution < -0.4 is 0 Å². The molecule has 4 heteroatoms. The Morgan fingerprint density at radius 2 is 1.72 bits per heavy atom. The van der Waals surface area contributed by atoms with Gasteiger partial charge in [0.15, 0.2) is 0 Å².